The number of aryl methyl sites for hydroxylation is 2. The molecule has 2 heterocycles. The smallest absolute Gasteiger partial charge is 0.205 e. The highest BCUT2D eigenvalue weighted by atomic mass is 32.1. The van der Waals surface area contributed by atoms with Crippen molar-refractivity contribution >= 4 is 17.9 Å². The van der Waals surface area contributed by atoms with E-state index in [0.29, 0.717) is 4.77 Å². The summed E-state index contributed by atoms with van der Waals surface area (Å²) in [5.41, 5.74) is 7.89. The molecule has 4 rings (SSSR count). The monoisotopic (exact) mass is 345 g/mol. The molecule has 0 bridgehead atoms. The van der Waals surface area contributed by atoms with E-state index >= 15 is 0 Å². The minimum atomic E-state index is 0.554. The van der Waals surface area contributed by atoms with Gasteiger partial charge >= 0.3 is 0 Å². The topological polar surface area (TPSA) is 33.1 Å². The third kappa shape index (κ3) is 2.89. The summed E-state index contributed by atoms with van der Waals surface area (Å²) >= 11 is 5.42. The third-order valence-corrected chi connectivity index (χ3v) is 4.86. The van der Waals surface area contributed by atoms with E-state index in [1.807, 2.05) is 16.8 Å². The van der Waals surface area contributed by atoms with Crippen molar-refractivity contribution in [2.75, 3.05) is 0 Å². The molecule has 0 radical (unpaired) electrons. The Balaban J connectivity index is 1.89. The van der Waals surface area contributed by atoms with Gasteiger partial charge in [-0.15, -0.1) is 0 Å². The Morgan fingerprint density at radius 3 is 2.36 bits per heavy atom. The number of aromatic nitrogens is 3. The van der Waals surface area contributed by atoms with Crippen LogP contribution < -0.4 is 0 Å². The van der Waals surface area contributed by atoms with E-state index in [9.17, 15) is 0 Å². The molecule has 1 N–H and O–H groups in total. The molecule has 0 aliphatic carbocycles. The van der Waals surface area contributed by atoms with Gasteiger partial charge in [-0.25, -0.2) is 4.98 Å². The second-order valence-corrected chi connectivity index (χ2v) is 6.62. The van der Waals surface area contributed by atoms with Crippen LogP contribution in [0, 0.1) is 11.7 Å². The summed E-state index contributed by atoms with van der Waals surface area (Å²) in [6.07, 6.45) is 4.92. The largest absolute Gasteiger partial charge is 0.339 e. The first-order valence-corrected chi connectivity index (χ1v) is 8.83. The molecule has 0 atom stereocenters. The fourth-order valence-electron chi connectivity index (χ4n) is 3.02. The molecule has 25 heavy (non-hydrogen) atoms. The molecule has 0 aliphatic rings. The average Bonchev–Trinajstić information content (AvgIpc) is 3.09. The molecule has 0 amide bonds. The molecule has 0 saturated carbocycles. The van der Waals surface area contributed by atoms with Crippen LogP contribution in [0.4, 0.5) is 0 Å². The Labute approximate surface area is 152 Å². The van der Waals surface area contributed by atoms with Crippen LogP contribution in [0.15, 0.2) is 60.9 Å². The van der Waals surface area contributed by atoms with Crippen molar-refractivity contribution in [2.24, 2.45) is 0 Å². The maximum absolute atomic E-state index is 5.42. The molecule has 4 heteroatoms. The highest BCUT2D eigenvalue weighted by molar-refractivity contribution is 7.71. The van der Waals surface area contributed by atoms with Gasteiger partial charge in [-0.2, -0.15) is 0 Å². The van der Waals surface area contributed by atoms with Gasteiger partial charge in [0.2, 0.25) is 4.77 Å². The third-order valence-electron chi connectivity index (χ3n) is 4.55. The van der Waals surface area contributed by atoms with Crippen molar-refractivity contribution in [1.29, 1.82) is 0 Å². The lowest BCUT2D eigenvalue weighted by molar-refractivity contribution is 1.06. The van der Waals surface area contributed by atoms with Crippen molar-refractivity contribution < 1.29 is 0 Å². The van der Waals surface area contributed by atoms with Gasteiger partial charge in [0, 0.05) is 18.0 Å². The van der Waals surface area contributed by atoms with Crippen LogP contribution in [0.25, 0.3) is 28.0 Å². The lowest BCUT2D eigenvalue weighted by Gasteiger charge is -2.04. The van der Waals surface area contributed by atoms with Crippen molar-refractivity contribution in [3.63, 3.8) is 0 Å². The molecule has 0 aliphatic heterocycles. The summed E-state index contributed by atoms with van der Waals surface area (Å²) in [7, 11) is 0. The number of imidazole rings is 1. The van der Waals surface area contributed by atoms with Crippen LogP contribution in [-0.2, 0) is 6.42 Å². The number of rotatable bonds is 3. The van der Waals surface area contributed by atoms with E-state index in [-0.39, 0.29) is 0 Å². The summed E-state index contributed by atoms with van der Waals surface area (Å²) in [6.45, 7) is 4.25. The fourth-order valence-corrected chi connectivity index (χ4v) is 3.21. The van der Waals surface area contributed by atoms with E-state index in [0.717, 1.165) is 34.5 Å². The molecule has 0 unspecified atom stereocenters. The predicted molar refractivity (Wildman–Crippen MR) is 105 cm³/mol. The zero-order valence-corrected chi connectivity index (χ0v) is 15.1. The highest BCUT2D eigenvalue weighted by Gasteiger charge is 2.10. The van der Waals surface area contributed by atoms with E-state index in [1.54, 1.807) is 0 Å². The lowest BCUT2D eigenvalue weighted by atomic mass is 10.1. The van der Waals surface area contributed by atoms with Gasteiger partial charge in [0.25, 0.3) is 0 Å². The number of nitrogens with one attached hydrogen (secondary N) is 1. The Hall–Kier alpha value is -2.72. The maximum atomic E-state index is 5.42. The van der Waals surface area contributed by atoms with Gasteiger partial charge in [0.15, 0.2) is 0 Å². The summed E-state index contributed by atoms with van der Waals surface area (Å²) in [5, 5.41) is 0. The Kier molecular flexibility index (Phi) is 3.98. The Morgan fingerprint density at radius 2 is 1.68 bits per heavy atom. The minimum absolute atomic E-state index is 0.554. The van der Waals surface area contributed by atoms with Crippen LogP contribution in [0.3, 0.4) is 0 Å². The molecular formula is C21H19N3S. The van der Waals surface area contributed by atoms with Gasteiger partial charge < -0.3 is 4.98 Å². The molecule has 2 aromatic heterocycles. The number of H-pyrrole nitrogens is 1. The zero-order chi connectivity index (χ0) is 17.4. The van der Waals surface area contributed by atoms with Crippen LogP contribution in [0.2, 0.25) is 0 Å². The van der Waals surface area contributed by atoms with Gasteiger partial charge in [-0.1, -0.05) is 61.0 Å². The number of fused-ring (bicyclic) bond motifs is 1. The number of aromatic amines is 1. The predicted octanol–water partition coefficient (Wildman–Crippen LogP) is 5.60. The standard InChI is InChI=1S/C21H19N3S/c1-3-15-6-10-17(11-7-15)19-13-24-20(23-19)18(12-22-21(24)25)16-8-4-14(2)5-9-16/h4-13,23H,3H2,1-2H3. The lowest BCUT2D eigenvalue weighted by Crippen LogP contribution is -1.92. The Morgan fingerprint density at radius 1 is 1.00 bits per heavy atom. The molecule has 0 fully saturated rings. The van der Waals surface area contributed by atoms with Crippen molar-refractivity contribution in [3.05, 3.63) is 76.8 Å². The number of hydrogen-bond acceptors (Lipinski definition) is 2. The van der Waals surface area contributed by atoms with Gasteiger partial charge in [0.05, 0.1) is 5.69 Å². The summed E-state index contributed by atoms with van der Waals surface area (Å²) in [5.74, 6) is 0. The Bertz CT molecular complexity index is 1090. The molecule has 124 valence electrons. The van der Waals surface area contributed by atoms with Gasteiger partial charge in [-0.3, -0.25) is 4.40 Å². The van der Waals surface area contributed by atoms with E-state index in [1.165, 1.54) is 11.1 Å². The SMILES string of the molecule is CCc1ccc(-c2cn3c(=S)ncc(-c4ccc(C)cc4)c3[nH]2)cc1. The molecule has 0 spiro atoms. The summed E-state index contributed by atoms with van der Waals surface area (Å²) < 4.78 is 2.51. The first kappa shape index (κ1) is 15.8. The van der Waals surface area contributed by atoms with E-state index in [4.69, 9.17) is 12.2 Å². The number of benzene rings is 2. The van der Waals surface area contributed by atoms with Crippen LogP contribution in [0.5, 0.6) is 0 Å². The normalized spacial score (nSPS) is 11.1. The zero-order valence-electron chi connectivity index (χ0n) is 14.3. The number of hydrogen-bond donors (Lipinski definition) is 1. The summed E-state index contributed by atoms with van der Waals surface area (Å²) in [6, 6.07) is 17.1. The second-order valence-electron chi connectivity index (χ2n) is 6.26. The van der Waals surface area contributed by atoms with Gasteiger partial charge in [0.1, 0.15) is 5.65 Å². The second kappa shape index (κ2) is 6.30. The molecule has 4 aromatic rings. The highest BCUT2D eigenvalue weighted by Crippen LogP contribution is 2.27. The van der Waals surface area contributed by atoms with Gasteiger partial charge in [-0.05, 0) is 42.3 Å². The quantitative estimate of drug-likeness (QED) is 0.491. The average molecular weight is 345 g/mol. The van der Waals surface area contributed by atoms with E-state index < -0.39 is 0 Å². The number of nitrogens with zero attached hydrogens (tertiary/aromatic N) is 2. The minimum Gasteiger partial charge on any atom is -0.339 e. The van der Waals surface area contributed by atoms with Crippen molar-refractivity contribution in [3.8, 4) is 22.4 Å². The van der Waals surface area contributed by atoms with Crippen LogP contribution in [-0.4, -0.2) is 14.4 Å². The maximum Gasteiger partial charge on any atom is 0.205 e. The van der Waals surface area contributed by atoms with Crippen LogP contribution >= 0.6 is 12.2 Å². The van der Waals surface area contributed by atoms with Crippen molar-refractivity contribution in [2.45, 2.75) is 20.3 Å². The molecule has 2 aromatic carbocycles. The first-order valence-electron chi connectivity index (χ1n) is 8.42. The first-order chi connectivity index (χ1) is 12.2. The summed E-state index contributed by atoms with van der Waals surface area (Å²) in [4.78, 5) is 7.93. The van der Waals surface area contributed by atoms with Crippen molar-refractivity contribution in [1.82, 2.24) is 14.4 Å². The van der Waals surface area contributed by atoms with E-state index in [2.05, 4.69) is 72.3 Å². The molecule has 0 saturated heterocycles. The fraction of sp³-hybridized carbons (Fsp3) is 0.143. The molecule has 3 nitrogen and oxygen atoms in total. The molecular weight excluding hydrogens is 326 g/mol. The van der Waals surface area contributed by atoms with Crippen LogP contribution in [0.1, 0.15) is 18.1 Å².